The molecule has 0 atom stereocenters. The summed E-state index contributed by atoms with van der Waals surface area (Å²) in [4.78, 5) is 11.1. The third-order valence-electron chi connectivity index (χ3n) is 2.73. The first-order valence-corrected chi connectivity index (χ1v) is 6.78. The molecule has 0 aliphatic heterocycles. The Balaban J connectivity index is 2.12. The zero-order chi connectivity index (χ0) is 14.1. The van der Waals surface area contributed by atoms with E-state index in [0.29, 0.717) is 13.0 Å². The van der Waals surface area contributed by atoms with Crippen molar-refractivity contribution in [2.75, 3.05) is 18.5 Å². The number of carbonyl (C=O) groups is 1. The minimum absolute atomic E-state index is 0.129. The summed E-state index contributed by atoms with van der Waals surface area (Å²) in [5.41, 5.74) is 1.72. The molecule has 1 aromatic carbocycles. The van der Waals surface area contributed by atoms with Crippen LogP contribution in [0, 0.1) is 12.7 Å². The number of unbranched alkanes of at least 4 members (excludes halogenated alkanes) is 2. The van der Waals surface area contributed by atoms with E-state index in [2.05, 4.69) is 5.32 Å². The lowest BCUT2D eigenvalue weighted by Gasteiger charge is -2.07. The number of rotatable bonds is 8. The van der Waals surface area contributed by atoms with Crippen LogP contribution in [0.3, 0.4) is 0 Å². The monoisotopic (exact) mass is 267 g/mol. The second-order valence-electron chi connectivity index (χ2n) is 4.56. The molecule has 19 heavy (non-hydrogen) atoms. The largest absolute Gasteiger partial charge is 0.466 e. The lowest BCUT2D eigenvalue weighted by molar-refractivity contribution is -0.143. The maximum atomic E-state index is 13.1. The topological polar surface area (TPSA) is 38.3 Å². The lowest BCUT2D eigenvalue weighted by Crippen LogP contribution is -2.05. The van der Waals surface area contributed by atoms with E-state index in [0.717, 1.165) is 37.1 Å². The first-order chi connectivity index (χ1) is 9.11. The summed E-state index contributed by atoms with van der Waals surface area (Å²) in [6.45, 7) is 4.90. The van der Waals surface area contributed by atoms with Crippen LogP contribution in [0.5, 0.6) is 0 Å². The van der Waals surface area contributed by atoms with Crippen LogP contribution < -0.4 is 5.32 Å². The fourth-order valence-corrected chi connectivity index (χ4v) is 1.88. The van der Waals surface area contributed by atoms with Crippen LogP contribution in [0.2, 0.25) is 0 Å². The van der Waals surface area contributed by atoms with Crippen molar-refractivity contribution in [3.63, 3.8) is 0 Å². The average molecular weight is 267 g/mol. The van der Waals surface area contributed by atoms with E-state index < -0.39 is 0 Å². The van der Waals surface area contributed by atoms with Crippen LogP contribution in [-0.2, 0) is 9.53 Å². The summed E-state index contributed by atoms with van der Waals surface area (Å²) in [5, 5.41) is 3.18. The van der Waals surface area contributed by atoms with Crippen LogP contribution in [0.1, 0.15) is 38.2 Å². The van der Waals surface area contributed by atoms with Crippen LogP contribution in [-0.4, -0.2) is 19.1 Å². The van der Waals surface area contributed by atoms with Crippen molar-refractivity contribution in [3.8, 4) is 0 Å². The molecular formula is C15H22FNO2. The maximum Gasteiger partial charge on any atom is 0.305 e. The molecule has 3 nitrogen and oxygen atoms in total. The molecule has 0 saturated carbocycles. The van der Waals surface area contributed by atoms with Crippen molar-refractivity contribution < 1.29 is 13.9 Å². The molecule has 0 spiro atoms. The third-order valence-corrected chi connectivity index (χ3v) is 2.73. The Morgan fingerprint density at radius 2 is 2.05 bits per heavy atom. The summed E-state index contributed by atoms with van der Waals surface area (Å²) >= 11 is 0. The van der Waals surface area contributed by atoms with Gasteiger partial charge in [-0.1, -0.05) is 6.42 Å². The third kappa shape index (κ3) is 6.79. The van der Waals surface area contributed by atoms with Crippen molar-refractivity contribution in [3.05, 3.63) is 29.6 Å². The second-order valence-corrected chi connectivity index (χ2v) is 4.56. The van der Waals surface area contributed by atoms with E-state index in [1.165, 1.54) is 12.1 Å². The summed E-state index contributed by atoms with van der Waals surface area (Å²) in [5.74, 6) is -0.346. The first kappa shape index (κ1) is 15.5. The Labute approximate surface area is 114 Å². The molecule has 4 heteroatoms. The van der Waals surface area contributed by atoms with E-state index >= 15 is 0 Å². The molecule has 0 saturated heterocycles. The second kappa shape index (κ2) is 8.51. The average Bonchev–Trinajstić information content (AvgIpc) is 2.32. The van der Waals surface area contributed by atoms with Gasteiger partial charge in [0.05, 0.1) is 6.61 Å². The highest BCUT2D eigenvalue weighted by molar-refractivity contribution is 5.69. The molecule has 106 valence electrons. The highest BCUT2D eigenvalue weighted by Gasteiger charge is 2.01. The molecule has 0 unspecified atom stereocenters. The van der Waals surface area contributed by atoms with Gasteiger partial charge in [-0.3, -0.25) is 4.79 Å². The predicted molar refractivity (Wildman–Crippen MR) is 74.7 cm³/mol. The van der Waals surface area contributed by atoms with Gasteiger partial charge in [0.1, 0.15) is 5.82 Å². The van der Waals surface area contributed by atoms with Gasteiger partial charge in [0.25, 0.3) is 0 Å². The number of halogens is 1. The van der Waals surface area contributed by atoms with E-state index in [-0.39, 0.29) is 11.8 Å². The van der Waals surface area contributed by atoms with Gasteiger partial charge in [-0.05, 0) is 50.5 Å². The number of carbonyl (C=O) groups excluding carboxylic acids is 1. The Morgan fingerprint density at radius 1 is 1.26 bits per heavy atom. The fraction of sp³-hybridized carbons (Fsp3) is 0.533. The normalized spacial score (nSPS) is 10.3. The van der Waals surface area contributed by atoms with Gasteiger partial charge in [-0.15, -0.1) is 0 Å². The summed E-state index contributed by atoms with van der Waals surface area (Å²) in [6, 6.07) is 4.91. The van der Waals surface area contributed by atoms with Gasteiger partial charge in [-0.2, -0.15) is 0 Å². The highest BCUT2D eigenvalue weighted by atomic mass is 19.1. The first-order valence-electron chi connectivity index (χ1n) is 6.78. The Hall–Kier alpha value is -1.58. The predicted octanol–water partition coefficient (Wildman–Crippen LogP) is 3.67. The molecule has 0 aliphatic carbocycles. The number of ether oxygens (including phenoxy) is 1. The quantitative estimate of drug-likeness (QED) is 0.577. The van der Waals surface area contributed by atoms with Gasteiger partial charge in [0.15, 0.2) is 0 Å². The molecule has 0 heterocycles. The van der Waals surface area contributed by atoms with Crippen molar-refractivity contribution in [1.29, 1.82) is 0 Å². The van der Waals surface area contributed by atoms with E-state index in [1.54, 1.807) is 0 Å². The number of benzene rings is 1. The SMILES string of the molecule is CCOC(=O)CCCCCNc1cc(C)cc(F)c1. The Morgan fingerprint density at radius 3 is 2.74 bits per heavy atom. The number of hydrogen-bond acceptors (Lipinski definition) is 3. The van der Waals surface area contributed by atoms with Gasteiger partial charge in [0.2, 0.25) is 0 Å². The molecule has 0 aliphatic rings. The van der Waals surface area contributed by atoms with Crippen molar-refractivity contribution in [2.45, 2.75) is 39.5 Å². The molecule has 0 fully saturated rings. The van der Waals surface area contributed by atoms with Gasteiger partial charge < -0.3 is 10.1 Å². The standard InChI is InChI=1S/C15H22FNO2/c1-3-19-15(18)7-5-4-6-8-17-14-10-12(2)9-13(16)11-14/h9-11,17H,3-8H2,1-2H3. The van der Waals surface area contributed by atoms with Gasteiger partial charge >= 0.3 is 5.97 Å². The van der Waals surface area contributed by atoms with Crippen molar-refractivity contribution in [1.82, 2.24) is 0 Å². The molecule has 1 aromatic rings. The van der Waals surface area contributed by atoms with E-state index in [9.17, 15) is 9.18 Å². The molecule has 0 aromatic heterocycles. The summed E-state index contributed by atoms with van der Waals surface area (Å²) in [7, 11) is 0. The van der Waals surface area contributed by atoms with E-state index in [1.807, 2.05) is 19.9 Å². The molecule has 1 N–H and O–H groups in total. The Bertz CT molecular complexity index is 387. The Kier molecular flexibility index (Phi) is 6.93. The summed E-state index contributed by atoms with van der Waals surface area (Å²) in [6.07, 6.45) is 3.23. The van der Waals surface area contributed by atoms with Crippen LogP contribution in [0.15, 0.2) is 18.2 Å². The van der Waals surface area contributed by atoms with Gasteiger partial charge in [0, 0.05) is 18.7 Å². The van der Waals surface area contributed by atoms with Gasteiger partial charge in [-0.25, -0.2) is 4.39 Å². The minimum atomic E-state index is -0.218. The minimum Gasteiger partial charge on any atom is -0.466 e. The van der Waals surface area contributed by atoms with Crippen molar-refractivity contribution >= 4 is 11.7 Å². The molecular weight excluding hydrogens is 245 g/mol. The molecule has 1 rings (SSSR count). The fourth-order valence-electron chi connectivity index (χ4n) is 1.88. The lowest BCUT2D eigenvalue weighted by atomic mass is 10.2. The smallest absolute Gasteiger partial charge is 0.305 e. The van der Waals surface area contributed by atoms with Crippen LogP contribution in [0.4, 0.5) is 10.1 Å². The number of anilines is 1. The molecule has 0 amide bonds. The highest BCUT2D eigenvalue weighted by Crippen LogP contribution is 2.13. The number of esters is 1. The number of nitrogens with one attached hydrogen (secondary N) is 1. The maximum absolute atomic E-state index is 13.1. The summed E-state index contributed by atoms with van der Waals surface area (Å²) < 4.78 is 18.0. The zero-order valence-electron chi connectivity index (χ0n) is 11.7. The number of hydrogen-bond donors (Lipinski definition) is 1. The van der Waals surface area contributed by atoms with Crippen molar-refractivity contribution in [2.24, 2.45) is 0 Å². The van der Waals surface area contributed by atoms with Crippen LogP contribution >= 0.6 is 0 Å². The molecule has 0 bridgehead atoms. The molecule has 0 radical (unpaired) electrons. The van der Waals surface area contributed by atoms with E-state index in [4.69, 9.17) is 4.74 Å². The van der Waals surface area contributed by atoms with Crippen LogP contribution in [0.25, 0.3) is 0 Å². The zero-order valence-corrected chi connectivity index (χ0v) is 11.7. The number of aryl methyl sites for hydroxylation is 1.